The number of aromatic nitrogens is 2. The molecule has 3 aromatic rings. The molecule has 0 aliphatic heterocycles. The van der Waals surface area contributed by atoms with E-state index in [1.165, 1.54) is 42.7 Å². The van der Waals surface area contributed by atoms with Crippen molar-refractivity contribution in [1.29, 1.82) is 0 Å². The first-order chi connectivity index (χ1) is 12.0. The summed E-state index contributed by atoms with van der Waals surface area (Å²) in [5, 5.41) is 2.19. The molecule has 0 saturated carbocycles. The normalized spacial score (nSPS) is 10.5. The number of halogens is 3. The molecule has 1 heterocycles. The Morgan fingerprint density at radius 1 is 1.16 bits per heavy atom. The van der Waals surface area contributed by atoms with Crippen LogP contribution in [0.15, 0.2) is 59.7 Å². The molecule has 0 atom stereocenters. The number of hydrogen-bond acceptors (Lipinski definition) is 3. The third-order valence-electron chi connectivity index (χ3n) is 3.34. The fourth-order valence-electron chi connectivity index (χ4n) is 2.14. The third-order valence-corrected chi connectivity index (χ3v) is 3.63. The van der Waals surface area contributed by atoms with Gasteiger partial charge in [0.1, 0.15) is 11.6 Å². The molecule has 1 N–H and O–H groups in total. The number of nitrogens with zero attached hydrogens (tertiary/aromatic N) is 2. The van der Waals surface area contributed by atoms with Crippen molar-refractivity contribution in [3.8, 4) is 5.69 Å². The van der Waals surface area contributed by atoms with Crippen molar-refractivity contribution in [3.05, 3.63) is 87.4 Å². The summed E-state index contributed by atoms with van der Waals surface area (Å²) in [5.41, 5.74) is -0.295. The second-order valence-electron chi connectivity index (χ2n) is 5.01. The molecule has 0 fully saturated rings. The molecule has 2 aromatic carbocycles. The SMILES string of the molecule is O=C(Nc1nccn(-c2ccc(F)c(Cl)c2)c1=O)c1cccc(F)c1. The molecule has 0 aliphatic rings. The average molecular weight is 362 g/mol. The van der Waals surface area contributed by atoms with Gasteiger partial charge in [0.15, 0.2) is 5.82 Å². The number of anilines is 1. The molecular formula is C17H10ClF2N3O2. The van der Waals surface area contributed by atoms with E-state index in [1.807, 2.05) is 0 Å². The maximum absolute atomic E-state index is 13.3. The Morgan fingerprint density at radius 3 is 2.68 bits per heavy atom. The summed E-state index contributed by atoms with van der Waals surface area (Å²) >= 11 is 5.72. The minimum Gasteiger partial charge on any atom is -0.302 e. The van der Waals surface area contributed by atoms with Crippen LogP contribution in [0.3, 0.4) is 0 Å². The third kappa shape index (κ3) is 3.56. The van der Waals surface area contributed by atoms with Gasteiger partial charge in [0.05, 0.1) is 10.7 Å². The molecule has 1 amide bonds. The molecule has 0 radical (unpaired) electrons. The maximum atomic E-state index is 13.3. The Balaban J connectivity index is 1.95. The Hall–Kier alpha value is -3.06. The smallest absolute Gasteiger partial charge is 0.298 e. The van der Waals surface area contributed by atoms with E-state index in [0.29, 0.717) is 5.69 Å². The molecule has 126 valence electrons. The van der Waals surface area contributed by atoms with Crippen molar-refractivity contribution in [2.45, 2.75) is 0 Å². The molecule has 8 heteroatoms. The van der Waals surface area contributed by atoms with E-state index in [1.54, 1.807) is 0 Å². The number of carbonyl (C=O) groups is 1. The molecule has 0 bridgehead atoms. The first-order valence-electron chi connectivity index (χ1n) is 7.06. The van der Waals surface area contributed by atoms with Crippen molar-refractivity contribution >= 4 is 23.3 Å². The van der Waals surface area contributed by atoms with Crippen molar-refractivity contribution < 1.29 is 13.6 Å². The summed E-state index contributed by atoms with van der Waals surface area (Å²) in [7, 11) is 0. The van der Waals surface area contributed by atoms with Gasteiger partial charge in [-0.1, -0.05) is 17.7 Å². The van der Waals surface area contributed by atoms with Crippen LogP contribution in [-0.2, 0) is 0 Å². The van der Waals surface area contributed by atoms with E-state index in [0.717, 1.165) is 16.7 Å². The van der Waals surface area contributed by atoms with Gasteiger partial charge >= 0.3 is 0 Å². The molecule has 1 aromatic heterocycles. The first-order valence-corrected chi connectivity index (χ1v) is 7.43. The predicted octanol–water partition coefficient (Wildman–Crippen LogP) is 3.42. The fourth-order valence-corrected chi connectivity index (χ4v) is 2.32. The molecule has 0 unspecified atom stereocenters. The molecular weight excluding hydrogens is 352 g/mol. The van der Waals surface area contributed by atoms with Gasteiger partial charge in [-0.25, -0.2) is 13.8 Å². The fraction of sp³-hybridized carbons (Fsp3) is 0. The molecule has 25 heavy (non-hydrogen) atoms. The van der Waals surface area contributed by atoms with Gasteiger partial charge in [-0.3, -0.25) is 14.2 Å². The number of carbonyl (C=O) groups excluding carboxylic acids is 1. The highest BCUT2D eigenvalue weighted by Crippen LogP contribution is 2.18. The zero-order valence-corrected chi connectivity index (χ0v) is 13.3. The van der Waals surface area contributed by atoms with Crippen molar-refractivity contribution in [2.75, 3.05) is 5.32 Å². The quantitative estimate of drug-likeness (QED) is 0.777. The number of hydrogen-bond donors (Lipinski definition) is 1. The van der Waals surface area contributed by atoms with Crippen LogP contribution in [0.4, 0.5) is 14.6 Å². The van der Waals surface area contributed by atoms with Crippen LogP contribution in [-0.4, -0.2) is 15.5 Å². The average Bonchev–Trinajstić information content (AvgIpc) is 2.59. The predicted molar refractivity (Wildman–Crippen MR) is 89.2 cm³/mol. The standard InChI is InChI=1S/C17H10ClF2N3O2/c18-13-9-12(4-5-14(13)20)23-7-6-21-15(17(23)25)22-16(24)10-2-1-3-11(19)8-10/h1-9H,(H,21,22,24). The molecule has 0 spiro atoms. The number of nitrogens with one attached hydrogen (secondary N) is 1. The topological polar surface area (TPSA) is 64.0 Å². The van der Waals surface area contributed by atoms with E-state index in [2.05, 4.69) is 10.3 Å². The van der Waals surface area contributed by atoms with Crippen LogP contribution in [0.25, 0.3) is 5.69 Å². The molecule has 0 saturated heterocycles. The van der Waals surface area contributed by atoms with Crippen LogP contribution in [0.1, 0.15) is 10.4 Å². The second kappa shape index (κ2) is 6.82. The highest BCUT2D eigenvalue weighted by molar-refractivity contribution is 6.30. The lowest BCUT2D eigenvalue weighted by Gasteiger charge is -2.09. The highest BCUT2D eigenvalue weighted by atomic mass is 35.5. The van der Waals surface area contributed by atoms with E-state index in [9.17, 15) is 18.4 Å². The van der Waals surface area contributed by atoms with Gasteiger partial charge in [0.25, 0.3) is 11.5 Å². The summed E-state index contributed by atoms with van der Waals surface area (Å²) in [4.78, 5) is 28.4. The van der Waals surface area contributed by atoms with E-state index < -0.39 is 23.1 Å². The Labute approximate surface area is 145 Å². The monoisotopic (exact) mass is 361 g/mol. The zero-order valence-electron chi connectivity index (χ0n) is 12.5. The van der Waals surface area contributed by atoms with E-state index in [-0.39, 0.29) is 16.4 Å². The van der Waals surface area contributed by atoms with Crippen LogP contribution in [0, 0.1) is 11.6 Å². The van der Waals surface area contributed by atoms with Crippen molar-refractivity contribution in [1.82, 2.24) is 9.55 Å². The van der Waals surface area contributed by atoms with Crippen molar-refractivity contribution in [3.63, 3.8) is 0 Å². The van der Waals surface area contributed by atoms with Gasteiger partial charge in [-0.15, -0.1) is 0 Å². The van der Waals surface area contributed by atoms with Gasteiger partial charge in [-0.05, 0) is 36.4 Å². The van der Waals surface area contributed by atoms with Crippen molar-refractivity contribution in [2.24, 2.45) is 0 Å². The highest BCUT2D eigenvalue weighted by Gasteiger charge is 2.13. The number of rotatable bonds is 3. The number of benzene rings is 2. The lowest BCUT2D eigenvalue weighted by molar-refractivity contribution is 0.102. The Kier molecular flexibility index (Phi) is 4.58. The van der Waals surface area contributed by atoms with Crippen LogP contribution >= 0.6 is 11.6 Å². The summed E-state index contributed by atoms with van der Waals surface area (Å²) < 4.78 is 27.6. The molecule has 0 aliphatic carbocycles. The Morgan fingerprint density at radius 2 is 1.96 bits per heavy atom. The van der Waals surface area contributed by atoms with Crippen LogP contribution in [0.5, 0.6) is 0 Å². The van der Waals surface area contributed by atoms with Crippen LogP contribution in [0.2, 0.25) is 5.02 Å². The van der Waals surface area contributed by atoms with Gasteiger partial charge in [0, 0.05) is 18.0 Å². The largest absolute Gasteiger partial charge is 0.302 e. The van der Waals surface area contributed by atoms with E-state index in [4.69, 9.17) is 11.6 Å². The lowest BCUT2D eigenvalue weighted by atomic mass is 10.2. The first kappa shape index (κ1) is 16.8. The summed E-state index contributed by atoms with van der Waals surface area (Å²) in [6.07, 6.45) is 2.64. The van der Waals surface area contributed by atoms with Crippen LogP contribution < -0.4 is 10.9 Å². The lowest BCUT2D eigenvalue weighted by Crippen LogP contribution is -2.26. The molecule has 3 rings (SSSR count). The minimum atomic E-state index is -0.681. The summed E-state index contributed by atoms with van der Waals surface area (Å²) in [6, 6.07) is 8.77. The maximum Gasteiger partial charge on any atom is 0.298 e. The zero-order chi connectivity index (χ0) is 18.0. The summed E-state index contributed by atoms with van der Waals surface area (Å²) in [5.74, 6) is -2.13. The van der Waals surface area contributed by atoms with E-state index >= 15 is 0 Å². The Bertz CT molecular complexity index is 1020. The summed E-state index contributed by atoms with van der Waals surface area (Å²) in [6.45, 7) is 0. The number of amides is 1. The van der Waals surface area contributed by atoms with Gasteiger partial charge in [-0.2, -0.15) is 0 Å². The molecule has 5 nitrogen and oxygen atoms in total. The van der Waals surface area contributed by atoms with Gasteiger partial charge < -0.3 is 5.32 Å². The second-order valence-corrected chi connectivity index (χ2v) is 5.42. The minimum absolute atomic E-state index is 0.0430. The van der Waals surface area contributed by atoms with Gasteiger partial charge in [0.2, 0.25) is 0 Å².